The number of hydrogen-bond acceptors (Lipinski definition) is 2. The van der Waals surface area contributed by atoms with Crippen LogP contribution in [0.25, 0.3) is 0 Å². The van der Waals surface area contributed by atoms with Crippen molar-refractivity contribution in [2.45, 2.75) is 25.9 Å². The van der Waals surface area contributed by atoms with Crippen LogP contribution >= 0.6 is 0 Å². The maximum absolute atomic E-state index is 12.0. The van der Waals surface area contributed by atoms with Gasteiger partial charge in [-0.25, -0.2) is 0 Å². The number of guanidine groups is 1. The lowest BCUT2D eigenvalue weighted by Crippen LogP contribution is -2.36. The molecule has 102 valence electrons. The second kappa shape index (κ2) is 8.16. The molecule has 0 rings (SSSR count). The molecule has 0 spiro atoms. The van der Waals surface area contributed by atoms with Crippen LogP contribution in [-0.2, 0) is 0 Å². The fourth-order valence-corrected chi connectivity index (χ4v) is 1.24. The van der Waals surface area contributed by atoms with Crippen molar-refractivity contribution in [1.29, 1.82) is 0 Å². The van der Waals surface area contributed by atoms with Crippen LogP contribution in [-0.4, -0.2) is 50.3 Å². The van der Waals surface area contributed by atoms with Crippen molar-refractivity contribution in [1.82, 2.24) is 10.2 Å². The van der Waals surface area contributed by atoms with Crippen LogP contribution in [0.3, 0.4) is 0 Å². The number of aliphatic imine (C=N–C) groups is 1. The average molecular weight is 254 g/mol. The molecule has 0 aromatic carbocycles. The first-order valence-corrected chi connectivity index (χ1v) is 5.64. The number of nitrogens with one attached hydrogen (secondary N) is 1. The molecule has 0 aromatic rings. The van der Waals surface area contributed by atoms with Crippen LogP contribution in [0.1, 0.15) is 19.8 Å². The van der Waals surface area contributed by atoms with E-state index in [-0.39, 0.29) is 0 Å². The van der Waals surface area contributed by atoms with Crippen LogP contribution in [0.15, 0.2) is 4.99 Å². The van der Waals surface area contributed by atoms with Crippen LogP contribution in [0.5, 0.6) is 0 Å². The highest BCUT2D eigenvalue weighted by Gasteiger charge is 2.28. The van der Waals surface area contributed by atoms with Gasteiger partial charge in [-0.15, -0.1) is 0 Å². The Morgan fingerprint density at radius 2 is 2.06 bits per heavy atom. The molecule has 0 aliphatic carbocycles. The summed E-state index contributed by atoms with van der Waals surface area (Å²) >= 11 is 0. The van der Waals surface area contributed by atoms with E-state index in [4.69, 9.17) is 5.73 Å². The zero-order valence-corrected chi connectivity index (χ0v) is 10.3. The molecule has 0 aliphatic rings. The van der Waals surface area contributed by atoms with E-state index >= 15 is 0 Å². The second-order valence-electron chi connectivity index (χ2n) is 3.90. The first-order valence-electron chi connectivity index (χ1n) is 5.64. The maximum Gasteiger partial charge on any atom is 0.401 e. The minimum absolute atomic E-state index is 0.352. The van der Waals surface area contributed by atoms with Gasteiger partial charge in [-0.05, 0) is 26.4 Å². The summed E-state index contributed by atoms with van der Waals surface area (Å²) in [6, 6.07) is 0. The molecular weight excluding hydrogens is 233 g/mol. The van der Waals surface area contributed by atoms with Gasteiger partial charge in [0.1, 0.15) is 0 Å². The quantitative estimate of drug-likeness (QED) is 0.407. The molecule has 0 fully saturated rings. The molecular formula is C10H21F3N4. The molecule has 0 saturated carbocycles. The molecule has 17 heavy (non-hydrogen) atoms. The molecule has 0 unspecified atom stereocenters. The zero-order valence-electron chi connectivity index (χ0n) is 10.3. The maximum atomic E-state index is 12.0. The van der Waals surface area contributed by atoms with Gasteiger partial charge in [-0.1, -0.05) is 6.92 Å². The van der Waals surface area contributed by atoms with E-state index in [1.165, 1.54) is 11.9 Å². The molecule has 0 amide bonds. The minimum atomic E-state index is -4.14. The van der Waals surface area contributed by atoms with E-state index in [9.17, 15) is 13.2 Å². The van der Waals surface area contributed by atoms with Gasteiger partial charge in [-0.3, -0.25) is 9.89 Å². The Bertz CT molecular complexity index is 228. The Kier molecular flexibility index (Phi) is 7.69. The van der Waals surface area contributed by atoms with Gasteiger partial charge in [0.25, 0.3) is 0 Å². The number of nitrogens with zero attached hydrogens (tertiary/aromatic N) is 2. The van der Waals surface area contributed by atoms with Crippen molar-refractivity contribution >= 4 is 5.96 Å². The molecule has 7 heteroatoms. The van der Waals surface area contributed by atoms with Gasteiger partial charge in [-0.2, -0.15) is 13.2 Å². The van der Waals surface area contributed by atoms with Gasteiger partial charge >= 0.3 is 6.18 Å². The summed E-state index contributed by atoms with van der Waals surface area (Å²) in [6.45, 7) is 2.66. The van der Waals surface area contributed by atoms with E-state index in [1.807, 2.05) is 6.92 Å². The van der Waals surface area contributed by atoms with Crippen molar-refractivity contribution in [3.05, 3.63) is 0 Å². The van der Waals surface area contributed by atoms with Crippen molar-refractivity contribution in [3.8, 4) is 0 Å². The molecule has 0 aromatic heterocycles. The molecule has 4 nitrogen and oxygen atoms in total. The van der Waals surface area contributed by atoms with Crippen molar-refractivity contribution in [2.24, 2.45) is 10.7 Å². The van der Waals surface area contributed by atoms with Crippen LogP contribution in [0.4, 0.5) is 13.2 Å². The number of alkyl halides is 3. The van der Waals surface area contributed by atoms with Gasteiger partial charge in [0.05, 0.1) is 6.54 Å². The lowest BCUT2D eigenvalue weighted by Gasteiger charge is -2.18. The summed E-state index contributed by atoms with van der Waals surface area (Å²) < 4.78 is 36.0. The third-order valence-corrected chi connectivity index (χ3v) is 1.98. The summed E-state index contributed by atoms with van der Waals surface area (Å²) in [7, 11) is 1.45. The number of nitrogens with two attached hydrogens (primary N) is 1. The Balaban J connectivity index is 3.57. The van der Waals surface area contributed by atoms with Gasteiger partial charge in [0.2, 0.25) is 0 Å². The molecule has 0 heterocycles. The first kappa shape index (κ1) is 16.0. The number of halogens is 3. The molecule has 0 bridgehead atoms. The molecule has 0 radical (unpaired) electrons. The molecule has 0 atom stereocenters. The van der Waals surface area contributed by atoms with E-state index in [0.717, 1.165) is 6.42 Å². The second-order valence-corrected chi connectivity index (χ2v) is 3.90. The summed E-state index contributed by atoms with van der Waals surface area (Å²) in [5, 5.41) is 2.86. The monoisotopic (exact) mass is 254 g/mol. The van der Waals surface area contributed by atoms with Gasteiger partial charge in [0.15, 0.2) is 5.96 Å². The van der Waals surface area contributed by atoms with Crippen LogP contribution in [0.2, 0.25) is 0 Å². The predicted molar refractivity (Wildman–Crippen MR) is 63.0 cm³/mol. The average Bonchev–Trinajstić information content (AvgIpc) is 2.19. The van der Waals surface area contributed by atoms with Crippen LogP contribution < -0.4 is 11.1 Å². The van der Waals surface area contributed by atoms with Gasteiger partial charge in [0, 0.05) is 13.1 Å². The third kappa shape index (κ3) is 11.3. The normalized spacial score (nSPS) is 13.2. The highest BCUT2D eigenvalue weighted by atomic mass is 19.4. The fraction of sp³-hybridized carbons (Fsp3) is 0.900. The van der Waals surface area contributed by atoms with E-state index < -0.39 is 12.7 Å². The fourth-order valence-electron chi connectivity index (χ4n) is 1.24. The van der Waals surface area contributed by atoms with Crippen LogP contribution in [0, 0.1) is 0 Å². The zero-order chi connectivity index (χ0) is 13.3. The Labute approximate surface area is 100 Å². The topological polar surface area (TPSA) is 53.6 Å². The SMILES string of the molecule is CCCN=C(N)NCCCN(C)CC(F)(F)F. The standard InChI is InChI=1S/C10H21F3N4/c1-3-5-15-9(14)16-6-4-7-17(2)8-10(11,12)13/h3-8H2,1-2H3,(H3,14,15,16). The molecule has 3 N–H and O–H groups in total. The lowest BCUT2D eigenvalue weighted by atomic mass is 10.4. The summed E-state index contributed by atoms with van der Waals surface area (Å²) in [5.74, 6) is 0.352. The highest BCUT2D eigenvalue weighted by molar-refractivity contribution is 5.77. The van der Waals surface area contributed by atoms with E-state index in [1.54, 1.807) is 0 Å². The molecule has 0 saturated heterocycles. The Hall–Kier alpha value is -0.980. The van der Waals surface area contributed by atoms with E-state index in [0.29, 0.717) is 32.0 Å². The number of hydrogen-bond donors (Lipinski definition) is 2. The minimum Gasteiger partial charge on any atom is -0.370 e. The smallest absolute Gasteiger partial charge is 0.370 e. The van der Waals surface area contributed by atoms with Gasteiger partial charge < -0.3 is 11.1 Å². The number of rotatable bonds is 7. The highest BCUT2D eigenvalue weighted by Crippen LogP contribution is 2.15. The molecule has 0 aliphatic heterocycles. The lowest BCUT2D eigenvalue weighted by molar-refractivity contribution is -0.143. The van der Waals surface area contributed by atoms with E-state index in [2.05, 4.69) is 10.3 Å². The summed E-state index contributed by atoms with van der Waals surface area (Å²) in [4.78, 5) is 5.25. The third-order valence-electron chi connectivity index (χ3n) is 1.98. The van der Waals surface area contributed by atoms with Crippen molar-refractivity contribution in [2.75, 3.05) is 33.2 Å². The predicted octanol–water partition coefficient (Wildman–Crippen LogP) is 1.18. The Morgan fingerprint density at radius 3 is 2.59 bits per heavy atom. The summed E-state index contributed by atoms with van der Waals surface area (Å²) in [6.07, 6.45) is -2.63. The van der Waals surface area contributed by atoms with Crippen molar-refractivity contribution < 1.29 is 13.2 Å². The van der Waals surface area contributed by atoms with Crippen molar-refractivity contribution in [3.63, 3.8) is 0 Å². The largest absolute Gasteiger partial charge is 0.401 e. The summed E-state index contributed by atoms with van der Waals surface area (Å²) in [5.41, 5.74) is 5.52. The first-order chi connectivity index (χ1) is 7.85. The Morgan fingerprint density at radius 1 is 1.41 bits per heavy atom.